The Kier molecular flexibility index (Phi) is 6.46. The smallest absolute Gasteiger partial charge is 0.246 e. The molecule has 0 aliphatic heterocycles. The number of para-hydroxylation sites is 1. The summed E-state index contributed by atoms with van der Waals surface area (Å²) in [5.74, 6) is -0.954. The Hall–Kier alpha value is -3.32. The Morgan fingerprint density at radius 2 is 1.91 bits per heavy atom. The molecule has 1 aliphatic carbocycles. The number of anilines is 2. The fourth-order valence-electron chi connectivity index (χ4n) is 4.05. The average Bonchev–Trinajstić information content (AvgIpc) is 3.26. The molecule has 0 spiro atoms. The molecule has 164 valence electrons. The van der Waals surface area contributed by atoms with Gasteiger partial charge in [0.25, 0.3) is 0 Å². The minimum absolute atomic E-state index is 0.0531. The normalized spacial score (nSPS) is 15.4. The monoisotopic (exact) mass is 449 g/mol. The van der Waals surface area contributed by atoms with Crippen LogP contribution in [0, 0.1) is 5.82 Å². The van der Waals surface area contributed by atoms with Gasteiger partial charge in [-0.2, -0.15) is 0 Å². The predicted octanol–water partition coefficient (Wildman–Crippen LogP) is 5.52. The summed E-state index contributed by atoms with van der Waals surface area (Å²) in [6, 6.07) is 14.4. The van der Waals surface area contributed by atoms with E-state index in [0.717, 1.165) is 19.3 Å². The fraction of sp³-hybridized carbons (Fsp3) is 0.240. The average molecular weight is 450 g/mol. The highest BCUT2D eigenvalue weighted by Crippen LogP contribution is 2.34. The predicted molar refractivity (Wildman–Crippen MR) is 125 cm³/mol. The molecule has 3 aromatic rings. The van der Waals surface area contributed by atoms with Gasteiger partial charge in [-0.3, -0.25) is 14.5 Å². The summed E-state index contributed by atoms with van der Waals surface area (Å²) >= 11 is 1.22. The number of hydrogen-bond donors (Lipinski definition) is 0. The molecule has 0 bridgehead atoms. The van der Waals surface area contributed by atoms with E-state index in [9.17, 15) is 14.0 Å². The van der Waals surface area contributed by atoms with Gasteiger partial charge in [0.05, 0.1) is 17.4 Å². The highest BCUT2D eigenvalue weighted by Gasteiger charge is 2.25. The second kappa shape index (κ2) is 9.44. The molecule has 0 radical (unpaired) electrons. The van der Waals surface area contributed by atoms with Crippen LogP contribution in [0.2, 0.25) is 0 Å². The molecule has 1 unspecified atom stereocenters. The van der Waals surface area contributed by atoms with Gasteiger partial charge in [-0.25, -0.2) is 9.37 Å². The third kappa shape index (κ3) is 4.48. The first-order valence-corrected chi connectivity index (χ1v) is 11.4. The quantitative estimate of drug-likeness (QED) is 0.482. The Morgan fingerprint density at radius 3 is 2.69 bits per heavy atom. The maximum Gasteiger partial charge on any atom is 0.246 e. The molecule has 1 heterocycles. The Balaban J connectivity index is 1.51. The van der Waals surface area contributed by atoms with Gasteiger partial charge in [-0.15, -0.1) is 11.3 Å². The minimum atomic E-state index is -0.500. The van der Waals surface area contributed by atoms with E-state index in [2.05, 4.69) is 17.1 Å². The Bertz CT molecular complexity index is 1170. The van der Waals surface area contributed by atoms with Gasteiger partial charge in [-0.05, 0) is 48.6 Å². The van der Waals surface area contributed by atoms with Crippen LogP contribution in [0.3, 0.4) is 0 Å². The maximum atomic E-state index is 14.2. The van der Waals surface area contributed by atoms with Crippen molar-refractivity contribution in [2.24, 2.45) is 0 Å². The largest absolute Gasteiger partial charge is 0.335 e. The van der Waals surface area contributed by atoms with Gasteiger partial charge in [0.1, 0.15) is 5.82 Å². The van der Waals surface area contributed by atoms with Crippen LogP contribution in [0.25, 0.3) is 6.08 Å². The molecule has 4 rings (SSSR count). The number of carbonyl (C=O) groups is 2. The van der Waals surface area contributed by atoms with E-state index in [1.54, 1.807) is 28.5 Å². The highest BCUT2D eigenvalue weighted by molar-refractivity contribution is 7.14. The van der Waals surface area contributed by atoms with Gasteiger partial charge >= 0.3 is 0 Å². The van der Waals surface area contributed by atoms with Crippen molar-refractivity contribution in [1.82, 2.24) is 9.88 Å². The molecular formula is C25H24FN3O2S. The van der Waals surface area contributed by atoms with E-state index in [1.807, 2.05) is 19.2 Å². The summed E-state index contributed by atoms with van der Waals surface area (Å²) in [4.78, 5) is 32.5. The lowest BCUT2D eigenvalue weighted by atomic mass is 9.87. The van der Waals surface area contributed by atoms with Gasteiger partial charge in [-0.1, -0.05) is 36.4 Å². The van der Waals surface area contributed by atoms with Crippen molar-refractivity contribution in [2.45, 2.75) is 32.2 Å². The van der Waals surface area contributed by atoms with E-state index < -0.39 is 5.82 Å². The molecule has 2 amide bonds. The first-order valence-electron chi connectivity index (χ1n) is 10.5. The number of nitrogens with zero attached hydrogens (tertiary/aromatic N) is 3. The second-order valence-corrected chi connectivity index (χ2v) is 8.59. The zero-order valence-corrected chi connectivity index (χ0v) is 18.8. The molecule has 1 atom stereocenters. The van der Waals surface area contributed by atoms with Crippen LogP contribution in [0.5, 0.6) is 0 Å². The maximum absolute atomic E-state index is 14.2. The summed E-state index contributed by atoms with van der Waals surface area (Å²) in [6.07, 6.45) is 6.16. The number of amides is 2. The number of likely N-dealkylation sites (N-methyl/N-ethyl adjacent to an activating group) is 1. The zero-order valence-electron chi connectivity index (χ0n) is 18.0. The van der Waals surface area contributed by atoms with Gasteiger partial charge in [0, 0.05) is 25.4 Å². The molecule has 32 heavy (non-hydrogen) atoms. The summed E-state index contributed by atoms with van der Waals surface area (Å²) in [5, 5.41) is 2.09. The number of carbonyl (C=O) groups excluding carboxylic acids is 2. The van der Waals surface area contributed by atoms with Crippen molar-refractivity contribution in [2.75, 3.05) is 11.9 Å². The first kappa shape index (κ1) is 21.9. The molecule has 7 heteroatoms. The van der Waals surface area contributed by atoms with Crippen molar-refractivity contribution in [3.05, 3.63) is 82.6 Å². The Labute approximate surface area is 190 Å². The molecule has 1 aromatic heterocycles. The molecule has 2 aromatic carbocycles. The van der Waals surface area contributed by atoms with Gasteiger partial charge < -0.3 is 4.90 Å². The molecule has 1 aliphatic rings. The Morgan fingerprint density at radius 1 is 1.16 bits per heavy atom. The van der Waals surface area contributed by atoms with Crippen molar-refractivity contribution in [1.29, 1.82) is 0 Å². The lowest BCUT2D eigenvalue weighted by molar-refractivity contribution is -0.127. The topological polar surface area (TPSA) is 53.5 Å². The number of rotatable bonds is 5. The van der Waals surface area contributed by atoms with E-state index in [-0.39, 0.29) is 23.5 Å². The lowest BCUT2D eigenvalue weighted by Crippen LogP contribution is -2.32. The van der Waals surface area contributed by atoms with Crippen LogP contribution < -0.4 is 4.90 Å². The third-order valence-electron chi connectivity index (χ3n) is 5.66. The zero-order chi connectivity index (χ0) is 22.7. The summed E-state index contributed by atoms with van der Waals surface area (Å²) in [7, 11) is 1.82. The molecule has 5 nitrogen and oxygen atoms in total. The van der Waals surface area contributed by atoms with E-state index in [0.29, 0.717) is 10.8 Å². The summed E-state index contributed by atoms with van der Waals surface area (Å²) in [5.41, 5.74) is 3.20. The van der Waals surface area contributed by atoms with Crippen molar-refractivity contribution < 1.29 is 14.0 Å². The minimum Gasteiger partial charge on any atom is -0.335 e. The van der Waals surface area contributed by atoms with Crippen LogP contribution in [0.1, 0.15) is 42.6 Å². The van der Waals surface area contributed by atoms with E-state index in [1.165, 1.54) is 52.5 Å². The molecule has 0 saturated heterocycles. The van der Waals surface area contributed by atoms with E-state index >= 15 is 0 Å². The fourth-order valence-corrected chi connectivity index (χ4v) is 4.90. The summed E-state index contributed by atoms with van der Waals surface area (Å²) in [6.45, 7) is 1.36. The van der Waals surface area contributed by atoms with Crippen molar-refractivity contribution >= 4 is 40.0 Å². The second-order valence-electron chi connectivity index (χ2n) is 7.75. The first-order chi connectivity index (χ1) is 15.5. The van der Waals surface area contributed by atoms with Gasteiger partial charge in [0.15, 0.2) is 5.13 Å². The summed E-state index contributed by atoms with van der Waals surface area (Å²) < 4.78 is 14.2. The number of aromatic nitrogens is 1. The van der Waals surface area contributed by atoms with Crippen LogP contribution in [0.15, 0.2) is 60.0 Å². The number of benzene rings is 2. The van der Waals surface area contributed by atoms with Crippen LogP contribution in [-0.4, -0.2) is 28.7 Å². The molecule has 0 N–H and O–H groups in total. The number of aryl methyl sites for hydroxylation is 1. The number of halogens is 1. The highest BCUT2D eigenvalue weighted by atomic mass is 32.1. The van der Waals surface area contributed by atoms with Crippen LogP contribution in [-0.2, 0) is 16.0 Å². The number of hydrogen-bond acceptors (Lipinski definition) is 4. The van der Waals surface area contributed by atoms with Gasteiger partial charge in [0.2, 0.25) is 11.8 Å². The van der Waals surface area contributed by atoms with Crippen molar-refractivity contribution in [3.8, 4) is 0 Å². The molecule has 0 fully saturated rings. The van der Waals surface area contributed by atoms with E-state index in [4.69, 9.17) is 0 Å². The molecule has 0 saturated carbocycles. The number of thiazole rings is 1. The van der Waals surface area contributed by atoms with Crippen molar-refractivity contribution in [3.63, 3.8) is 0 Å². The standard InChI is InChI=1S/C25H24FN3O2S/c1-17(30)29(23-12-6-5-11-21(23)26)25-27-19(16-32-25)14-15-24(31)28(2)22-13-7-9-18-8-3-4-10-20(18)22/h3-6,8,10-12,14-16,22H,7,9,13H2,1-2H3/b15-14+. The van der Waals surface area contributed by atoms with Crippen LogP contribution in [0.4, 0.5) is 15.2 Å². The third-order valence-corrected chi connectivity index (χ3v) is 6.50. The lowest BCUT2D eigenvalue weighted by Gasteiger charge is -2.32. The number of fused-ring (bicyclic) bond motifs is 1. The molecular weight excluding hydrogens is 425 g/mol. The van der Waals surface area contributed by atoms with Crippen LogP contribution >= 0.6 is 11.3 Å². The SMILES string of the molecule is CC(=O)N(c1nc(/C=C/C(=O)N(C)C2CCCc3ccccc32)cs1)c1ccccc1F.